The van der Waals surface area contributed by atoms with Gasteiger partial charge in [-0.15, -0.1) is 0 Å². The van der Waals surface area contributed by atoms with E-state index in [4.69, 9.17) is 5.73 Å². The summed E-state index contributed by atoms with van der Waals surface area (Å²) in [4.78, 5) is 11.0. The standard InChI is InChI=1S/C15H15BrN2O3S/c1-10-2-7-14(13(16)8-10)22(20,21)18-12-5-3-11(4-6-12)9-15(17)19/h2-8,18H,9H2,1H3,(H2,17,19). The number of primary amides is 1. The minimum absolute atomic E-state index is 0.122. The zero-order chi connectivity index (χ0) is 16.3. The maximum Gasteiger partial charge on any atom is 0.263 e. The molecule has 116 valence electrons. The van der Waals surface area contributed by atoms with Crippen molar-refractivity contribution in [3.8, 4) is 0 Å². The fourth-order valence-corrected chi connectivity index (χ4v) is 4.18. The van der Waals surface area contributed by atoms with Crippen molar-refractivity contribution >= 4 is 37.5 Å². The highest BCUT2D eigenvalue weighted by molar-refractivity contribution is 9.10. The van der Waals surface area contributed by atoms with Crippen LogP contribution in [0.15, 0.2) is 51.8 Å². The molecular weight excluding hydrogens is 368 g/mol. The first kappa shape index (κ1) is 16.5. The summed E-state index contributed by atoms with van der Waals surface area (Å²) in [6.45, 7) is 1.88. The quantitative estimate of drug-likeness (QED) is 0.832. The van der Waals surface area contributed by atoms with Crippen LogP contribution in [0, 0.1) is 6.92 Å². The molecular formula is C15H15BrN2O3S. The van der Waals surface area contributed by atoms with Gasteiger partial charge in [0.15, 0.2) is 0 Å². The highest BCUT2D eigenvalue weighted by Gasteiger charge is 2.17. The van der Waals surface area contributed by atoms with Crippen LogP contribution in [0.2, 0.25) is 0 Å². The van der Waals surface area contributed by atoms with E-state index in [1.165, 1.54) is 0 Å². The van der Waals surface area contributed by atoms with Gasteiger partial charge in [0.1, 0.15) is 4.90 Å². The van der Waals surface area contributed by atoms with E-state index >= 15 is 0 Å². The van der Waals surface area contributed by atoms with E-state index in [-0.39, 0.29) is 11.3 Å². The van der Waals surface area contributed by atoms with Crippen molar-refractivity contribution in [2.75, 3.05) is 4.72 Å². The molecule has 0 aliphatic heterocycles. The van der Waals surface area contributed by atoms with Gasteiger partial charge in [0.25, 0.3) is 10.0 Å². The second kappa shape index (κ2) is 6.50. The van der Waals surface area contributed by atoms with Gasteiger partial charge < -0.3 is 5.73 Å². The van der Waals surface area contributed by atoms with Crippen LogP contribution in [0.1, 0.15) is 11.1 Å². The lowest BCUT2D eigenvalue weighted by Gasteiger charge is -2.10. The molecule has 0 atom stereocenters. The molecule has 3 N–H and O–H groups in total. The largest absolute Gasteiger partial charge is 0.369 e. The normalized spacial score (nSPS) is 11.2. The number of nitrogens with two attached hydrogens (primary N) is 1. The fourth-order valence-electron chi connectivity index (χ4n) is 1.93. The van der Waals surface area contributed by atoms with Gasteiger partial charge in [-0.3, -0.25) is 9.52 Å². The van der Waals surface area contributed by atoms with E-state index in [0.717, 1.165) is 11.1 Å². The summed E-state index contributed by atoms with van der Waals surface area (Å²) in [6, 6.07) is 11.5. The average Bonchev–Trinajstić information content (AvgIpc) is 2.39. The topological polar surface area (TPSA) is 89.3 Å². The third-order valence-corrected chi connectivity index (χ3v) is 5.32. The molecule has 5 nitrogen and oxygen atoms in total. The first-order valence-electron chi connectivity index (χ1n) is 6.44. The van der Waals surface area contributed by atoms with Gasteiger partial charge in [-0.1, -0.05) is 18.2 Å². The highest BCUT2D eigenvalue weighted by atomic mass is 79.9. The fraction of sp³-hybridized carbons (Fsp3) is 0.133. The minimum atomic E-state index is -3.69. The molecule has 0 aliphatic carbocycles. The number of carbonyl (C=O) groups is 1. The van der Waals surface area contributed by atoms with Crippen LogP contribution in [0.3, 0.4) is 0 Å². The average molecular weight is 383 g/mol. The van der Waals surface area contributed by atoms with Crippen LogP contribution < -0.4 is 10.5 Å². The zero-order valence-corrected chi connectivity index (χ0v) is 14.2. The van der Waals surface area contributed by atoms with Crippen molar-refractivity contribution in [1.29, 1.82) is 0 Å². The van der Waals surface area contributed by atoms with Crippen molar-refractivity contribution in [2.24, 2.45) is 5.73 Å². The summed E-state index contributed by atoms with van der Waals surface area (Å²) < 4.78 is 27.8. The second-order valence-electron chi connectivity index (χ2n) is 4.88. The van der Waals surface area contributed by atoms with Gasteiger partial charge in [0.05, 0.1) is 6.42 Å². The summed E-state index contributed by atoms with van der Waals surface area (Å²) in [5.74, 6) is -0.433. The number of anilines is 1. The third-order valence-electron chi connectivity index (χ3n) is 2.96. The summed E-state index contributed by atoms with van der Waals surface area (Å²) in [5, 5.41) is 0. The lowest BCUT2D eigenvalue weighted by Crippen LogP contribution is -2.15. The third kappa shape index (κ3) is 4.08. The van der Waals surface area contributed by atoms with E-state index < -0.39 is 15.9 Å². The highest BCUT2D eigenvalue weighted by Crippen LogP contribution is 2.25. The molecule has 2 aromatic rings. The van der Waals surface area contributed by atoms with Gasteiger partial charge in [-0.2, -0.15) is 0 Å². The molecule has 0 spiro atoms. The van der Waals surface area contributed by atoms with E-state index in [1.807, 2.05) is 6.92 Å². The Balaban J connectivity index is 2.23. The van der Waals surface area contributed by atoms with Crippen molar-refractivity contribution in [3.05, 3.63) is 58.1 Å². The Kier molecular flexibility index (Phi) is 4.87. The molecule has 22 heavy (non-hydrogen) atoms. The Morgan fingerprint density at radius 2 is 1.82 bits per heavy atom. The Morgan fingerprint density at radius 1 is 1.18 bits per heavy atom. The number of hydrogen-bond acceptors (Lipinski definition) is 3. The van der Waals surface area contributed by atoms with E-state index in [0.29, 0.717) is 10.2 Å². The Morgan fingerprint density at radius 3 is 2.36 bits per heavy atom. The lowest BCUT2D eigenvalue weighted by atomic mass is 10.1. The van der Waals surface area contributed by atoms with Gasteiger partial charge in [-0.25, -0.2) is 8.42 Å². The molecule has 0 saturated heterocycles. The molecule has 0 bridgehead atoms. The molecule has 2 rings (SSSR count). The number of rotatable bonds is 5. The first-order chi connectivity index (χ1) is 10.3. The Labute approximate surface area is 137 Å². The van der Waals surface area contributed by atoms with Crippen molar-refractivity contribution < 1.29 is 13.2 Å². The van der Waals surface area contributed by atoms with Gasteiger partial charge in [0, 0.05) is 10.2 Å². The molecule has 7 heteroatoms. The van der Waals surface area contributed by atoms with Crippen molar-refractivity contribution in [2.45, 2.75) is 18.2 Å². The maximum absolute atomic E-state index is 12.4. The number of benzene rings is 2. The van der Waals surface area contributed by atoms with E-state index in [1.54, 1.807) is 42.5 Å². The Bertz CT molecular complexity index is 802. The van der Waals surface area contributed by atoms with Crippen LogP contribution >= 0.6 is 15.9 Å². The Hall–Kier alpha value is -1.86. The molecule has 0 aromatic heterocycles. The molecule has 0 aliphatic rings. The predicted molar refractivity (Wildman–Crippen MR) is 89.0 cm³/mol. The van der Waals surface area contributed by atoms with Crippen LogP contribution in [0.4, 0.5) is 5.69 Å². The van der Waals surface area contributed by atoms with Gasteiger partial charge in [-0.05, 0) is 58.2 Å². The summed E-state index contributed by atoms with van der Waals surface area (Å²) in [5.41, 5.74) is 7.22. The monoisotopic (exact) mass is 382 g/mol. The van der Waals surface area contributed by atoms with E-state index in [9.17, 15) is 13.2 Å². The van der Waals surface area contributed by atoms with Crippen molar-refractivity contribution in [1.82, 2.24) is 0 Å². The molecule has 2 aromatic carbocycles. The number of nitrogens with one attached hydrogen (secondary N) is 1. The van der Waals surface area contributed by atoms with E-state index in [2.05, 4.69) is 20.7 Å². The summed E-state index contributed by atoms with van der Waals surface area (Å²) >= 11 is 3.26. The smallest absolute Gasteiger partial charge is 0.263 e. The minimum Gasteiger partial charge on any atom is -0.369 e. The molecule has 0 radical (unpaired) electrons. The number of amides is 1. The van der Waals surface area contributed by atoms with Crippen LogP contribution in [0.25, 0.3) is 0 Å². The maximum atomic E-state index is 12.4. The predicted octanol–water partition coefficient (Wildman–Crippen LogP) is 2.59. The van der Waals surface area contributed by atoms with Crippen LogP contribution in [0.5, 0.6) is 0 Å². The van der Waals surface area contributed by atoms with Gasteiger partial charge in [0.2, 0.25) is 5.91 Å². The molecule has 1 amide bonds. The second-order valence-corrected chi connectivity index (χ2v) is 7.38. The molecule has 0 fully saturated rings. The van der Waals surface area contributed by atoms with Crippen molar-refractivity contribution in [3.63, 3.8) is 0 Å². The lowest BCUT2D eigenvalue weighted by molar-refractivity contribution is -0.117. The van der Waals surface area contributed by atoms with Gasteiger partial charge >= 0.3 is 0 Å². The molecule has 0 unspecified atom stereocenters. The summed E-state index contributed by atoms with van der Waals surface area (Å²) in [7, 11) is -3.69. The van der Waals surface area contributed by atoms with Crippen LogP contribution in [-0.2, 0) is 21.2 Å². The summed E-state index contributed by atoms with van der Waals surface area (Å²) in [6.07, 6.45) is 0.122. The first-order valence-corrected chi connectivity index (χ1v) is 8.72. The van der Waals surface area contributed by atoms with Crippen LogP contribution in [-0.4, -0.2) is 14.3 Å². The number of sulfonamides is 1. The SMILES string of the molecule is Cc1ccc(S(=O)(=O)Nc2ccc(CC(N)=O)cc2)c(Br)c1. The molecule has 0 saturated carbocycles. The number of hydrogen-bond donors (Lipinski definition) is 2. The number of halogens is 1. The zero-order valence-electron chi connectivity index (χ0n) is 11.8. The number of aryl methyl sites for hydroxylation is 1. The molecule has 0 heterocycles. The number of carbonyl (C=O) groups excluding carboxylic acids is 1.